The summed E-state index contributed by atoms with van der Waals surface area (Å²) in [5, 5.41) is 17.6. The van der Waals surface area contributed by atoms with Crippen LogP contribution in [0.5, 0.6) is 0 Å². The Morgan fingerprint density at radius 3 is 2.63 bits per heavy atom. The molecule has 0 bridgehead atoms. The Hall–Kier alpha value is -1.61. The first kappa shape index (κ1) is 20.1. The lowest BCUT2D eigenvalue weighted by Crippen LogP contribution is -2.27. The summed E-state index contributed by atoms with van der Waals surface area (Å²) in [6.45, 7) is 6.35. The predicted octanol–water partition coefficient (Wildman–Crippen LogP) is 4.62. The van der Waals surface area contributed by atoms with Gasteiger partial charge in [-0.3, -0.25) is 5.32 Å². The van der Waals surface area contributed by atoms with Crippen LogP contribution in [0.2, 0.25) is 0 Å². The molecule has 1 heterocycles. The number of aromatic nitrogens is 2. The number of amides is 1. The van der Waals surface area contributed by atoms with E-state index in [4.69, 9.17) is 9.84 Å². The van der Waals surface area contributed by atoms with Gasteiger partial charge in [-0.15, -0.1) is 0 Å². The van der Waals surface area contributed by atoms with Gasteiger partial charge in [0.1, 0.15) is 12.4 Å². The van der Waals surface area contributed by atoms with Crippen molar-refractivity contribution in [2.45, 2.75) is 64.2 Å². The molecule has 0 spiro atoms. The second-order valence-corrected chi connectivity index (χ2v) is 9.06. The Bertz CT molecular complexity index is 799. The maximum Gasteiger partial charge on any atom is 0.413 e. The van der Waals surface area contributed by atoms with Crippen LogP contribution in [-0.2, 0) is 16.9 Å². The summed E-state index contributed by atoms with van der Waals surface area (Å²) < 4.78 is 8.13. The molecule has 3 rings (SSSR count). The minimum atomic E-state index is -0.500. The average molecular weight is 483 g/mol. The van der Waals surface area contributed by atoms with E-state index in [0.717, 1.165) is 34.1 Å². The van der Waals surface area contributed by atoms with Gasteiger partial charge in [0, 0.05) is 5.92 Å². The van der Waals surface area contributed by atoms with E-state index < -0.39 is 6.09 Å². The van der Waals surface area contributed by atoms with Crippen molar-refractivity contribution in [1.82, 2.24) is 9.78 Å². The molecule has 1 saturated carbocycles. The summed E-state index contributed by atoms with van der Waals surface area (Å²) in [5.41, 5.74) is 1.59. The molecule has 2 aromatic rings. The number of carbonyl (C=O) groups excluding carboxylic acids is 1. The number of hydrogen-bond acceptors (Lipinski definition) is 4. The molecular formula is C20H26IN3O3. The van der Waals surface area contributed by atoms with E-state index >= 15 is 0 Å². The highest BCUT2D eigenvalue weighted by Crippen LogP contribution is 2.39. The van der Waals surface area contributed by atoms with E-state index in [9.17, 15) is 9.90 Å². The van der Waals surface area contributed by atoms with Crippen molar-refractivity contribution in [1.29, 1.82) is 0 Å². The number of nitrogens with zero attached hydrogens (tertiary/aromatic N) is 2. The van der Waals surface area contributed by atoms with Crippen LogP contribution in [0, 0.1) is 3.57 Å². The van der Waals surface area contributed by atoms with Crippen molar-refractivity contribution in [2.75, 3.05) is 5.32 Å². The Morgan fingerprint density at radius 1 is 1.33 bits per heavy atom. The minimum Gasteiger partial charge on any atom is -0.444 e. The van der Waals surface area contributed by atoms with Gasteiger partial charge in [0.05, 0.1) is 20.9 Å². The number of carbonyl (C=O) groups is 1. The molecule has 0 radical (unpaired) electrons. The lowest BCUT2D eigenvalue weighted by Gasteiger charge is -2.22. The summed E-state index contributed by atoms with van der Waals surface area (Å²) in [7, 11) is 0. The molecular weight excluding hydrogens is 457 g/mol. The summed E-state index contributed by atoms with van der Waals surface area (Å²) in [6.07, 6.45) is 1.66. The third-order valence-corrected chi connectivity index (χ3v) is 5.78. The molecule has 1 aliphatic carbocycles. The van der Waals surface area contributed by atoms with E-state index in [2.05, 4.69) is 27.9 Å². The Labute approximate surface area is 173 Å². The van der Waals surface area contributed by atoms with E-state index in [1.54, 1.807) is 0 Å². The third-order valence-electron chi connectivity index (χ3n) is 4.71. The van der Waals surface area contributed by atoms with Crippen LogP contribution in [0.4, 0.5) is 10.6 Å². The fourth-order valence-corrected chi connectivity index (χ4v) is 4.24. The SMILES string of the molecule is CC(C)(C)n1nc([C@H]2CC[C@@H](O)C2)c(I)c1NC(=O)OCc1ccccc1. The summed E-state index contributed by atoms with van der Waals surface area (Å²) >= 11 is 2.24. The lowest BCUT2D eigenvalue weighted by molar-refractivity contribution is 0.154. The Morgan fingerprint density at radius 2 is 2.04 bits per heavy atom. The van der Waals surface area contributed by atoms with E-state index in [1.807, 2.05) is 55.8 Å². The summed E-state index contributed by atoms with van der Waals surface area (Å²) in [4.78, 5) is 12.4. The quantitative estimate of drug-likeness (QED) is 0.623. The third kappa shape index (κ3) is 4.82. The van der Waals surface area contributed by atoms with Crippen LogP contribution in [0.25, 0.3) is 0 Å². The molecule has 1 fully saturated rings. The van der Waals surface area contributed by atoms with Crippen LogP contribution >= 0.6 is 22.6 Å². The van der Waals surface area contributed by atoms with Crippen molar-refractivity contribution < 1.29 is 14.6 Å². The fraction of sp³-hybridized carbons (Fsp3) is 0.500. The smallest absolute Gasteiger partial charge is 0.413 e. The zero-order chi connectivity index (χ0) is 19.6. The van der Waals surface area contributed by atoms with E-state index in [-0.39, 0.29) is 24.2 Å². The number of nitrogens with one attached hydrogen (secondary N) is 1. The highest BCUT2D eigenvalue weighted by molar-refractivity contribution is 14.1. The molecule has 0 unspecified atom stereocenters. The second kappa shape index (κ2) is 8.18. The minimum absolute atomic E-state index is 0.217. The molecule has 146 valence electrons. The molecule has 27 heavy (non-hydrogen) atoms. The summed E-state index contributed by atoms with van der Waals surface area (Å²) in [6, 6.07) is 9.59. The molecule has 2 atom stereocenters. The number of aliphatic hydroxyl groups excluding tert-OH is 1. The number of anilines is 1. The van der Waals surface area contributed by atoms with Crippen LogP contribution in [0.3, 0.4) is 0 Å². The average Bonchev–Trinajstić information content (AvgIpc) is 3.18. The predicted molar refractivity (Wildman–Crippen MR) is 113 cm³/mol. The molecule has 1 aliphatic rings. The Balaban J connectivity index is 1.78. The number of hydrogen-bond donors (Lipinski definition) is 2. The molecule has 0 saturated heterocycles. The normalized spacial score (nSPS) is 19.9. The second-order valence-electron chi connectivity index (χ2n) is 7.98. The summed E-state index contributed by atoms with van der Waals surface area (Å²) in [5.74, 6) is 0.869. The monoisotopic (exact) mass is 483 g/mol. The van der Waals surface area contributed by atoms with Gasteiger partial charge in [-0.2, -0.15) is 5.10 Å². The van der Waals surface area contributed by atoms with Crippen LogP contribution in [-0.4, -0.2) is 27.1 Å². The standard InChI is InChI=1S/C20H26IN3O3/c1-20(2,3)24-18(16(21)17(23-24)14-9-10-15(25)11-14)22-19(26)27-12-13-7-5-4-6-8-13/h4-8,14-15,25H,9-12H2,1-3H3,(H,22,26)/t14-,15+/m0/s1. The zero-order valence-corrected chi connectivity index (χ0v) is 18.1. The van der Waals surface area contributed by atoms with Crippen molar-refractivity contribution in [3.05, 3.63) is 45.2 Å². The van der Waals surface area contributed by atoms with Crippen LogP contribution < -0.4 is 5.32 Å². The molecule has 1 aromatic carbocycles. The fourth-order valence-electron chi connectivity index (χ4n) is 3.33. The number of aliphatic hydroxyl groups is 1. The van der Waals surface area contributed by atoms with Crippen molar-refractivity contribution >= 4 is 34.5 Å². The van der Waals surface area contributed by atoms with Crippen molar-refractivity contribution in [2.24, 2.45) is 0 Å². The molecule has 2 N–H and O–H groups in total. The van der Waals surface area contributed by atoms with Crippen LogP contribution in [0.15, 0.2) is 30.3 Å². The number of ether oxygens (including phenoxy) is 1. The van der Waals surface area contributed by atoms with Gasteiger partial charge in [-0.1, -0.05) is 30.3 Å². The first-order valence-corrected chi connectivity index (χ1v) is 10.3. The molecule has 7 heteroatoms. The first-order valence-electron chi connectivity index (χ1n) is 9.20. The largest absolute Gasteiger partial charge is 0.444 e. The van der Waals surface area contributed by atoms with Gasteiger partial charge >= 0.3 is 6.09 Å². The van der Waals surface area contributed by atoms with Gasteiger partial charge in [0.25, 0.3) is 0 Å². The Kier molecular flexibility index (Phi) is 6.10. The lowest BCUT2D eigenvalue weighted by atomic mass is 10.0. The number of benzene rings is 1. The molecule has 1 aromatic heterocycles. The van der Waals surface area contributed by atoms with Crippen molar-refractivity contribution in [3.63, 3.8) is 0 Å². The van der Waals surface area contributed by atoms with Crippen LogP contribution in [0.1, 0.15) is 57.2 Å². The number of rotatable bonds is 4. The van der Waals surface area contributed by atoms with Gasteiger partial charge in [0.2, 0.25) is 0 Å². The first-order chi connectivity index (χ1) is 12.8. The molecule has 1 amide bonds. The van der Waals surface area contributed by atoms with Gasteiger partial charge in [-0.05, 0) is 68.2 Å². The van der Waals surface area contributed by atoms with E-state index in [0.29, 0.717) is 5.82 Å². The maximum atomic E-state index is 12.4. The molecule has 0 aliphatic heterocycles. The van der Waals surface area contributed by atoms with Gasteiger partial charge in [-0.25, -0.2) is 9.48 Å². The van der Waals surface area contributed by atoms with Gasteiger partial charge in [0.15, 0.2) is 0 Å². The topological polar surface area (TPSA) is 76.4 Å². The highest BCUT2D eigenvalue weighted by atomic mass is 127. The van der Waals surface area contributed by atoms with E-state index in [1.165, 1.54) is 0 Å². The maximum absolute atomic E-state index is 12.4. The highest BCUT2D eigenvalue weighted by Gasteiger charge is 2.32. The number of halogens is 1. The van der Waals surface area contributed by atoms with Crippen molar-refractivity contribution in [3.8, 4) is 0 Å². The van der Waals surface area contributed by atoms with Gasteiger partial charge < -0.3 is 9.84 Å². The zero-order valence-electron chi connectivity index (χ0n) is 15.9. The molecule has 6 nitrogen and oxygen atoms in total.